The lowest BCUT2D eigenvalue weighted by molar-refractivity contribution is 1.03. The Kier molecular flexibility index (Phi) is 3.52. The van der Waals surface area contributed by atoms with Crippen LogP contribution in [0.25, 0.3) is 11.2 Å². The number of nitrogens with zero attached hydrogens (tertiary/aromatic N) is 3. The fraction of sp³-hybridized carbons (Fsp3) is 0.214. The van der Waals surface area contributed by atoms with Crippen molar-refractivity contribution in [1.29, 1.82) is 0 Å². The number of nitrogens with one attached hydrogen (secondary N) is 2. The normalized spacial score (nSPS) is 10.9. The van der Waals surface area contributed by atoms with Crippen molar-refractivity contribution in [1.82, 2.24) is 19.9 Å². The van der Waals surface area contributed by atoms with Crippen LogP contribution >= 0.6 is 11.6 Å². The number of aromatic nitrogens is 4. The molecule has 0 saturated carbocycles. The van der Waals surface area contributed by atoms with Gasteiger partial charge >= 0.3 is 0 Å². The molecule has 2 heterocycles. The highest BCUT2D eigenvalue weighted by Crippen LogP contribution is 2.20. The van der Waals surface area contributed by atoms with E-state index in [-0.39, 0.29) is 5.28 Å². The van der Waals surface area contributed by atoms with Gasteiger partial charge in [-0.15, -0.1) is 0 Å². The van der Waals surface area contributed by atoms with E-state index >= 15 is 0 Å². The van der Waals surface area contributed by atoms with Gasteiger partial charge in [0.25, 0.3) is 0 Å². The first kappa shape index (κ1) is 12.9. The molecule has 1 aromatic carbocycles. The summed E-state index contributed by atoms with van der Waals surface area (Å²) in [6.07, 6.45) is 2.59. The van der Waals surface area contributed by atoms with Crippen LogP contribution in [0.3, 0.4) is 0 Å². The van der Waals surface area contributed by atoms with Gasteiger partial charge in [0.05, 0.1) is 6.33 Å². The Labute approximate surface area is 121 Å². The van der Waals surface area contributed by atoms with E-state index in [2.05, 4.69) is 50.4 Å². The molecule has 0 aliphatic rings. The highest BCUT2D eigenvalue weighted by atomic mass is 35.5. The standard InChI is InChI=1S/C14H14ClN5/c1-2-9-5-3-4-6-10(9)7-16-12-11-13(18-8-17-11)20-14(15)19-12/h3-6,8H,2,7H2,1H3,(H2,16,17,18,19,20). The molecule has 0 aliphatic heterocycles. The van der Waals surface area contributed by atoms with Crippen molar-refractivity contribution in [2.45, 2.75) is 19.9 Å². The lowest BCUT2D eigenvalue weighted by Crippen LogP contribution is -2.05. The third-order valence-electron chi connectivity index (χ3n) is 3.20. The molecule has 6 heteroatoms. The molecule has 0 amide bonds. The van der Waals surface area contributed by atoms with Gasteiger partial charge in [-0.25, -0.2) is 4.98 Å². The van der Waals surface area contributed by atoms with Gasteiger partial charge in [-0.2, -0.15) is 9.97 Å². The minimum atomic E-state index is 0.191. The number of rotatable bonds is 4. The maximum atomic E-state index is 5.90. The third kappa shape index (κ3) is 2.44. The zero-order chi connectivity index (χ0) is 13.9. The first-order chi connectivity index (χ1) is 9.78. The summed E-state index contributed by atoms with van der Waals surface area (Å²) in [6, 6.07) is 8.33. The average molecular weight is 288 g/mol. The van der Waals surface area contributed by atoms with Gasteiger partial charge in [0.2, 0.25) is 5.28 Å². The maximum absolute atomic E-state index is 5.90. The predicted molar refractivity (Wildman–Crippen MR) is 79.8 cm³/mol. The van der Waals surface area contributed by atoms with Gasteiger partial charge in [0, 0.05) is 6.54 Å². The SMILES string of the molecule is CCc1ccccc1CNc1nc(Cl)nc2nc[nH]c12. The fourth-order valence-electron chi connectivity index (χ4n) is 2.19. The van der Waals surface area contributed by atoms with Crippen LogP contribution in [0.1, 0.15) is 18.1 Å². The van der Waals surface area contributed by atoms with Crippen molar-refractivity contribution < 1.29 is 0 Å². The molecule has 2 N–H and O–H groups in total. The molecule has 102 valence electrons. The second kappa shape index (κ2) is 5.46. The number of aromatic amines is 1. The molecular formula is C14H14ClN5. The predicted octanol–water partition coefficient (Wildman–Crippen LogP) is 3.18. The molecule has 0 atom stereocenters. The van der Waals surface area contributed by atoms with E-state index < -0.39 is 0 Å². The molecule has 2 aromatic heterocycles. The number of halogens is 1. The van der Waals surface area contributed by atoms with Gasteiger partial charge in [-0.3, -0.25) is 0 Å². The summed E-state index contributed by atoms with van der Waals surface area (Å²) < 4.78 is 0. The third-order valence-corrected chi connectivity index (χ3v) is 3.37. The molecule has 0 radical (unpaired) electrons. The van der Waals surface area contributed by atoms with Gasteiger partial charge in [-0.05, 0) is 29.1 Å². The highest BCUT2D eigenvalue weighted by Gasteiger charge is 2.09. The summed E-state index contributed by atoms with van der Waals surface area (Å²) >= 11 is 5.90. The first-order valence-electron chi connectivity index (χ1n) is 6.45. The number of H-pyrrole nitrogens is 1. The van der Waals surface area contributed by atoms with E-state index in [0.29, 0.717) is 18.0 Å². The Balaban J connectivity index is 1.88. The minimum Gasteiger partial charge on any atom is -0.364 e. The zero-order valence-corrected chi connectivity index (χ0v) is 11.8. The van der Waals surface area contributed by atoms with Crippen molar-refractivity contribution in [3.63, 3.8) is 0 Å². The molecular weight excluding hydrogens is 274 g/mol. The Morgan fingerprint density at radius 1 is 1.20 bits per heavy atom. The largest absolute Gasteiger partial charge is 0.364 e. The maximum Gasteiger partial charge on any atom is 0.226 e. The molecule has 0 bridgehead atoms. The van der Waals surface area contributed by atoms with Crippen LogP contribution in [0.2, 0.25) is 5.28 Å². The summed E-state index contributed by atoms with van der Waals surface area (Å²) in [5, 5.41) is 3.49. The van der Waals surface area contributed by atoms with Crippen LogP contribution in [0, 0.1) is 0 Å². The van der Waals surface area contributed by atoms with Crippen LogP contribution < -0.4 is 5.32 Å². The Morgan fingerprint density at radius 3 is 2.80 bits per heavy atom. The van der Waals surface area contributed by atoms with E-state index in [1.165, 1.54) is 11.1 Å². The fourth-order valence-corrected chi connectivity index (χ4v) is 2.35. The van der Waals surface area contributed by atoms with Crippen LogP contribution in [-0.2, 0) is 13.0 Å². The number of hydrogen-bond donors (Lipinski definition) is 2. The topological polar surface area (TPSA) is 66.5 Å². The molecule has 0 fully saturated rings. The minimum absolute atomic E-state index is 0.191. The van der Waals surface area contributed by atoms with Crippen molar-refractivity contribution >= 4 is 28.6 Å². The van der Waals surface area contributed by atoms with Gasteiger partial charge in [0.15, 0.2) is 11.5 Å². The quantitative estimate of drug-likeness (QED) is 0.723. The van der Waals surface area contributed by atoms with Crippen molar-refractivity contribution in [3.8, 4) is 0 Å². The second-order valence-electron chi connectivity index (χ2n) is 4.42. The number of aryl methyl sites for hydroxylation is 1. The first-order valence-corrected chi connectivity index (χ1v) is 6.83. The van der Waals surface area contributed by atoms with Crippen molar-refractivity contribution in [2.75, 3.05) is 5.32 Å². The van der Waals surface area contributed by atoms with E-state index in [1.807, 2.05) is 6.07 Å². The number of imidazole rings is 1. The second-order valence-corrected chi connectivity index (χ2v) is 4.76. The van der Waals surface area contributed by atoms with E-state index in [1.54, 1.807) is 6.33 Å². The summed E-state index contributed by atoms with van der Waals surface area (Å²) in [7, 11) is 0. The Bertz CT molecular complexity index is 737. The summed E-state index contributed by atoms with van der Waals surface area (Å²) in [5.41, 5.74) is 3.90. The van der Waals surface area contributed by atoms with Crippen molar-refractivity contribution in [2.24, 2.45) is 0 Å². The summed E-state index contributed by atoms with van der Waals surface area (Å²) in [4.78, 5) is 15.4. The molecule has 0 spiro atoms. The van der Waals surface area contributed by atoms with Crippen LogP contribution in [0.15, 0.2) is 30.6 Å². The summed E-state index contributed by atoms with van der Waals surface area (Å²) in [5.74, 6) is 0.670. The molecule has 3 aromatic rings. The Hall–Kier alpha value is -2.14. The monoisotopic (exact) mass is 287 g/mol. The van der Waals surface area contributed by atoms with Crippen molar-refractivity contribution in [3.05, 3.63) is 47.0 Å². The van der Waals surface area contributed by atoms with Gasteiger partial charge in [-0.1, -0.05) is 31.2 Å². The van der Waals surface area contributed by atoms with Gasteiger partial charge < -0.3 is 10.3 Å². The number of fused-ring (bicyclic) bond motifs is 1. The zero-order valence-electron chi connectivity index (χ0n) is 11.0. The molecule has 0 saturated heterocycles. The van der Waals surface area contributed by atoms with E-state index in [0.717, 1.165) is 11.9 Å². The molecule has 0 aliphatic carbocycles. The molecule has 0 unspecified atom stereocenters. The molecule has 3 rings (SSSR count). The molecule has 5 nitrogen and oxygen atoms in total. The van der Waals surface area contributed by atoms with E-state index in [4.69, 9.17) is 11.6 Å². The van der Waals surface area contributed by atoms with Crippen LogP contribution in [0.4, 0.5) is 5.82 Å². The van der Waals surface area contributed by atoms with Crippen LogP contribution in [0.5, 0.6) is 0 Å². The number of benzene rings is 1. The van der Waals surface area contributed by atoms with E-state index in [9.17, 15) is 0 Å². The number of hydrogen-bond acceptors (Lipinski definition) is 4. The highest BCUT2D eigenvalue weighted by molar-refractivity contribution is 6.28. The Morgan fingerprint density at radius 2 is 2.00 bits per heavy atom. The lowest BCUT2D eigenvalue weighted by atomic mass is 10.1. The van der Waals surface area contributed by atoms with Gasteiger partial charge in [0.1, 0.15) is 5.52 Å². The number of anilines is 1. The summed E-state index contributed by atoms with van der Waals surface area (Å²) in [6.45, 7) is 2.83. The molecule has 20 heavy (non-hydrogen) atoms. The lowest BCUT2D eigenvalue weighted by Gasteiger charge is -2.10. The van der Waals surface area contributed by atoms with Crippen LogP contribution in [-0.4, -0.2) is 19.9 Å². The average Bonchev–Trinajstić information content (AvgIpc) is 2.93. The smallest absolute Gasteiger partial charge is 0.226 e.